The Morgan fingerprint density at radius 2 is 1.97 bits per heavy atom. The second kappa shape index (κ2) is 7.56. The maximum Gasteiger partial charge on any atom is 0.439 e. The summed E-state index contributed by atoms with van der Waals surface area (Å²) < 4.78 is 52.1. The van der Waals surface area contributed by atoms with E-state index in [1.54, 1.807) is 18.2 Å². The number of hydrogen-bond donors (Lipinski definition) is 2. The molecule has 166 valence electrons. The van der Waals surface area contributed by atoms with Gasteiger partial charge in [0, 0.05) is 11.3 Å². The fourth-order valence-corrected chi connectivity index (χ4v) is 4.11. The van der Waals surface area contributed by atoms with E-state index in [2.05, 4.69) is 15.3 Å². The molecule has 2 heterocycles. The summed E-state index contributed by atoms with van der Waals surface area (Å²) >= 11 is 0. The van der Waals surface area contributed by atoms with E-state index < -0.39 is 23.7 Å². The van der Waals surface area contributed by atoms with Crippen molar-refractivity contribution in [3.8, 4) is 22.8 Å². The predicted octanol–water partition coefficient (Wildman–Crippen LogP) is 3.35. The summed E-state index contributed by atoms with van der Waals surface area (Å²) in [5, 5.41) is 21.2. The molecule has 4 rings (SSSR count). The van der Waals surface area contributed by atoms with Gasteiger partial charge < -0.3 is 14.6 Å². The Labute approximate surface area is 175 Å². The third-order valence-electron chi connectivity index (χ3n) is 5.71. The number of aromatic amines is 1. The predicted molar refractivity (Wildman–Crippen MR) is 104 cm³/mol. The number of hydrazone groups is 1. The number of carbonyl (C=O) groups is 1. The van der Waals surface area contributed by atoms with Crippen LogP contribution in [0.3, 0.4) is 0 Å². The van der Waals surface area contributed by atoms with Crippen LogP contribution in [0, 0.1) is 5.92 Å². The molecule has 2 N–H and O–H groups in total. The number of fused-ring (bicyclic) bond motifs is 1. The molecule has 1 fully saturated rings. The molecular formula is C20H21F3N4O4. The zero-order chi connectivity index (χ0) is 22.4. The molecule has 1 aliphatic heterocycles. The summed E-state index contributed by atoms with van der Waals surface area (Å²) in [6.07, 6.45) is -3.45. The van der Waals surface area contributed by atoms with Gasteiger partial charge in [-0.25, -0.2) is 0 Å². The average molecular weight is 438 g/mol. The molecular weight excluding hydrogens is 417 g/mol. The molecule has 2 atom stereocenters. The Hall–Kier alpha value is -3.08. The molecule has 11 heteroatoms. The summed E-state index contributed by atoms with van der Waals surface area (Å²) in [6, 6.07) is 6.24. The van der Waals surface area contributed by atoms with Crippen molar-refractivity contribution in [1.82, 2.24) is 15.2 Å². The topological polar surface area (TPSA) is 100 Å². The van der Waals surface area contributed by atoms with Crippen molar-refractivity contribution in [2.24, 2.45) is 11.0 Å². The van der Waals surface area contributed by atoms with Crippen molar-refractivity contribution >= 4 is 11.6 Å². The van der Waals surface area contributed by atoms with E-state index in [4.69, 9.17) is 9.47 Å². The number of rotatable bonds is 4. The quantitative estimate of drug-likeness (QED) is 0.763. The number of alkyl halides is 3. The van der Waals surface area contributed by atoms with E-state index in [-0.39, 0.29) is 22.8 Å². The van der Waals surface area contributed by atoms with Crippen molar-refractivity contribution in [3.05, 3.63) is 30.0 Å². The molecule has 1 amide bonds. The van der Waals surface area contributed by atoms with E-state index in [1.807, 2.05) is 0 Å². The Bertz CT molecular complexity index is 1040. The number of nitrogens with one attached hydrogen (secondary N) is 1. The number of halogens is 3. The summed E-state index contributed by atoms with van der Waals surface area (Å²) in [6.45, 7) is 0. The Morgan fingerprint density at radius 1 is 1.23 bits per heavy atom. The zero-order valence-electron chi connectivity index (χ0n) is 16.9. The van der Waals surface area contributed by atoms with Crippen LogP contribution in [0.25, 0.3) is 11.3 Å². The standard InChI is InChI=1S/C20H21F3N4O4/c1-30-16-8-7-11(9-17(16)31-2)14-10-15(25-24-14)18(28)27-19(29,20(21,22)23)12-5-3-4-6-13(12)26-27/h7-10,12,29H,3-6H2,1-2H3,(H,24,25)/t12-,19-/m0/s1. The van der Waals surface area contributed by atoms with Crippen molar-refractivity contribution in [1.29, 1.82) is 0 Å². The monoisotopic (exact) mass is 438 g/mol. The molecule has 0 radical (unpaired) electrons. The van der Waals surface area contributed by atoms with E-state index >= 15 is 0 Å². The number of amides is 1. The van der Waals surface area contributed by atoms with Crippen LogP contribution in [-0.2, 0) is 0 Å². The van der Waals surface area contributed by atoms with E-state index in [0.29, 0.717) is 42.0 Å². The van der Waals surface area contributed by atoms with Crippen LogP contribution >= 0.6 is 0 Å². The second-order valence-electron chi connectivity index (χ2n) is 7.47. The Kier molecular flexibility index (Phi) is 5.16. The van der Waals surface area contributed by atoms with Gasteiger partial charge in [-0.05, 0) is 43.5 Å². The minimum absolute atomic E-state index is 0.110. The highest BCUT2D eigenvalue weighted by Crippen LogP contribution is 2.48. The Balaban J connectivity index is 1.67. The first-order valence-electron chi connectivity index (χ1n) is 9.69. The molecule has 2 aromatic rings. The van der Waals surface area contributed by atoms with Gasteiger partial charge in [-0.1, -0.05) is 6.42 Å². The number of nitrogens with zero attached hydrogens (tertiary/aromatic N) is 3. The molecule has 0 spiro atoms. The molecule has 1 aliphatic carbocycles. The highest BCUT2D eigenvalue weighted by molar-refractivity contribution is 5.99. The van der Waals surface area contributed by atoms with Crippen LogP contribution in [-0.4, -0.2) is 58.1 Å². The fourth-order valence-electron chi connectivity index (χ4n) is 4.11. The van der Waals surface area contributed by atoms with E-state index in [1.165, 1.54) is 20.3 Å². The average Bonchev–Trinajstić information content (AvgIpc) is 3.37. The summed E-state index contributed by atoms with van der Waals surface area (Å²) in [4.78, 5) is 13.0. The van der Waals surface area contributed by atoms with Crippen molar-refractivity contribution in [3.63, 3.8) is 0 Å². The number of aliphatic hydroxyl groups is 1. The maximum absolute atomic E-state index is 13.9. The van der Waals surface area contributed by atoms with Crippen LogP contribution < -0.4 is 9.47 Å². The minimum Gasteiger partial charge on any atom is -0.493 e. The number of benzene rings is 1. The van der Waals surface area contributed by atoms with Crippen molar-refractivity contribution in [2.45, 2.75) is 37.6 Å². The molecule has 2 aliphatic rings. The first-order valence-corrected chi connectivity index (χ1v) is 9.69. The van der Waals surface area contributed by atoms with Gasteiger partial charge in [-0.3, -0.25) is 9.89 Å². The molecule has 1 aromatic carbocycles. The number of H-pyrrole nitrogens is 1. The van der Waals surface area contributed by atoms with Gasteiger partial charge in [0.1, 0.15) is 5.69 Å². The van der Waals surface area contributed by atoms with Crippen molar-refractivity contribution < 1.29 is 32.5 Å². The Morgan fingerprint density at radius 3 is 2.65 bits per heavy atom. The molecule has 0 bridgehead atoms. The summed E-state index contributed by atoms with van der Waals surface area (Å²) in [5.74, 6) is -1.46. The zero-order valence-corrected chi connectivity index (χ0v) is 16.9. The lowest BCUT2D eigenvalue weighted by atomic mass is 9.80. The van der Waals surface area contributed by atoms with Gasteiger partial charge in [-0.2, -0.15) is 28.4 Å². The molecule has 1 aromatic heterocycles. The smallest absolute Gasteiger partial charge is 0.439 e. The fraction of sp³-hybridized carbons (Fsp3) is 0.450. The largest absolute Gasteiger partial charge is 0.493 e. The maximum atomic E-state index is 13.9. The van der Waals surface area contributed by atoms with Gasteiger partial charge in [0.25, 0.3) is 11.6 Å². The molecule has 0 saturated heterocycles. The number of ether oxygens (including phenoxy) is 2. The van der Waals surface area contributed by atoms with Crippen molar-refractivity contribution in [2.75, 3.05) is 14.2 Å². The SMILES string of the molecule is COc1ccc(-c2cc(C(=O)N3N=C4CCCC[C@@H]4[C@]3(O)C(F)(F)F)[nH]n2)cc1OC. The highest BCUT2D eigenvalue weighted by atomic mass is 19.4. The van der Waals surface area contributed by atoms with Gasteiger partial charge in [0.05, 0.1) is 25.8 Å². The molecule has 31 heavy (non-hydrogen) atoms. The second-order valence-corrected chi connectivity index (χ2v) is 7.47. The van der Waals surface area contributed by atoms with Crippen LogP contribution in [0.2, 0.25) is 0 Å². The van der Waals surface area contributed by atoms with E-state index in [9.17, 15) is 23.1 Å². The number of hydrogen-bond acceptors (Lipinski definition) is 6. The van der Waals surface area contributed by atoms with E-state index in [0.717, 1.165) is 0 Å². The first kappa shape index (κ1) is 21.2. The lowest BCUT2D eigenvalue weighted by molar-refractivity contribution is -0.312. The molecule has 1 saturated carbocycles. The first-order chi connectivity index (χ1) is 14.7. The third-order valence-corrected chi connectivity index (χ3v) is 5.71. The summed E-state index contributed by atoms with van der Waals surface area (Å²) in [5.41, 5.74) is -2.55. The molecule has 8 nitrogen and oxygen atoms in total. The molecule has 0 unspecified atom stereocenters. The number of carbonyl (C=O) groups excluding carboxylic acids is 1. The van der Waals surface area contributed by atoms with Gasteiger partial charge in [-0.15, -0.1) is 0 Å². The normalized spacial score (nSPS) is 23.4. The van der Waals surface area contributed by atoms with Gasteiger partial charge in [0.15, 0.2) is 11.5 Å². The minimum atomic E-state index is -5.07. The summed E-state index contributed by atoms with van der Waals surface area (Å²) in [7, 11) is 2.95. The lowest BCUT2D eigenvalue weighted by Gasteiger charge is -2.37. The number of aromatic nitrogens is 2. The van der Waals surface area contributed by atoms with Crippen LogP contribution in [0.4, 0.5) is 13.2 Å². The highest BCUT2D eigenvalue weighted by Gasteiger charge is 2.68. The van der Waals surface area contributed by atoms with Gasteiger partial charge in [0.2, 0.25) is 0 Å². The number of methoxy groups -OCH3 is 2. The van der Waals surface area contributed by atoms with Crippen LogP contribution in [0.5, 0.6) is 11.5 Å². The van der Waals surface area contributed by atoms with Crippen LogP contribution in [0.15, 0.2) is 29.4 Å². The third kappa shape index (κ3) is 3.32. The lowest BCUT2D eigenvalue weighted by Crippen LogP contribution is -2.61. The van der Waals surface area contributed by atoms with Gasteiger partial charge >= 0.3 is 6.18 Å². The van der Waals surface area contributed by atoms with Crippen LogP contribution in [0.1, 0.15) is 36.2 Å².